The molecule has 9 heteroatoms. The number of aromatic amines is 1. The molecule has 1 aliphatic rings. The first-order valence-electron chi connectivity index (χ1n) is 9.75. The summed E-state index contributed by atoms with van der Waals surface area (Å²) in [5.74, 6) is -0.956. The summed E-state index contributed by atoms with van der Waals surface area (Å²) in [4.78, 5) is 43.6. The molecule has 0 unspecified atom stereocenters. The highest BCUT2D eigenvalue weighted by Gasteiger charge is 2.22. The second-order valence-corrected chi connectivity index (χ2v) is 7.16. The minimum atomic E-state index is -0.765. The molecule has 28 heavy (non-hydrogen) atoms. The highest BCUT2D eigenvalue weighted by Crippen LogP contribution is 2.18. The third-order valence-corrected chi connectivity index (χ3v) is 4.71. The van der Waals surface area contributed by atoms with Crippen LogP contribution in [0.2, 0.25) is 0 Å². The normalized spacial score (nSPS) is 14.6. The smallest absolute Gasteiger partial charge is 0.314 e. The average Bonchev–Trinajstić information content (AvgIpc) is 3.02. The molecule has 0 aliphatic heterocycles. The molecule has 2 heterocycles. The van der Waals surface area contributed by atoms with Crippen molar-refractivity contribution in [1.82, 2.24) is 25.1 Å². The van der Waals surface area contributed by atoms with Crippen molar-refractivity contribution in [3.8, 4) is 5.95 Å². The topological polar surface area (TPSA) is 122 Å². The zero-order valence-electron chi connectivity index (χ0n) is 16.2. The number of aryl methyl sites for hydroxylation is 2. The average molecular weight is 386 g/mol. The van der Waals surface area contributed by atoms with Crippen LogP contribution in [0.25, 0.3) is 5.95 Å². The molecular weight excluding hydrogens is 360 g/mol. The Morgan fingerprint density at radius 3 is 2.68 bits per heavy atom. The number of carbonyl (C=O) groups excluding carboxylic acids is 2. The first-order valence-corrected chi connectivity index (χ1v) is 9.75. The van der Waals surface area contributed by atoms with E-state index in [1.54, 1.807) is 13.0 Å². The molecule has 2 aromatic heterocycles. The van der Waals surface area contributed by atoms with Crippen LogP contribution in [0.5, 0.6) is 0 Å². The number of hydrogen-bond acceptors (Lipinski definition) is 5. The fourth-order valence-electron chi connectivity index (χ4n) is 3.40. The SMILES string of the molecule is CCCc1cc(=O)[nH]c(-n2nc(C)cc2NC(=O)C(=O)NC2CCCCC2)n1. The van der Waals surface area contributed by atoms with Crippen molar-refractivity contribution >= 4 is 17.6 Å². The van der Waals surface area contributed by atoms with E-state index in [2.05, 4.69) is 25.7 Å². The Balaban J connectivity index is 1.77. The molecule has 0 saturated heterocycles. The van der Waals surface area contributed by atoms with Crippen LogP contribution in [-0.4, -0.2) is 37.6 Å². The van der Waals surface area contributed by atoms with Crippen molar-refractivity contribution in [1.29, 1.82) is 0 Å². The van der Waals surface area contributed by atoms with E-state index in [4.69, 9.17) is 0 Å². The number of carbonyl (C=O) groups is 2. The molecule has 1 fully saturated rings. The van der Waals surface area contributed by atoms with Gasteiger partial charge in [0.1, 0.15) is 5.82 Å². The predicted molar refractivity (Wildman–Crippen MR) is 104 cm³/mol. The molecule has 9 nitrogen and oxygen atoms in total. The summed E-state index contributed by atoms with van der Waals surface area (Å²) in [7, 11) is 0. The maximum atomic E-state index is 12.4. The van der Waals surface area contributed by atoms with Gasteiger partial charge in [0.05, 0.1) is 5.69 Å². The van der Waals surface area contributed by atoms with Crippen LogP contribution in [0.1, 0.15) is 56.8 Å². The minimum absolute atomic E-state index is 0.0439. The Morgan fingerprint density at radius 2 is 1.96 bits per heavy atom. The fourth-order valence-corrected chi connectivity index (χ4v) is 3.40. The second-order valence-electron chi connectivity index (χ2n) is 7.16. The standard InChI is InChI=1S/C19H26N6O3/c1-3-7-14-11-16(26)23-19(21-14)25-15(10-12(2)24-25)22-18(28)17(27)20-13-8-5-4-6-9-13/h10-11,13H,3-9H2,1-2H3,(H,20,27)(H,22,28)(H,21,23,26). The Kier molecular flexibility index (Phi) is 6.23. The number of amides is 2. The number of H-pyrrole nitrogens is 1. The number of nitrogens with one attached hydrogen (secondary N) is 3. The van der Waals surface area contributed by atoms with Crippen molar-refractivity contribution in [2.45, 2.75) is 64.8 Å². The van der Waals surface area contributed by atoms with Crippen LogP contribution in [0.3, 0.4) is 0 Å². The molecule has 150 valence electrons. The van der Waals surface area contributed by atoms with Crippen LogP contribution in [0.15, 0.2) is 16.9 Å². The highest BCUT2D eigenvalue weighted by atomic mass is 16.2. The molecule has 1 saturated carbocycles. The van der Waals surface area contributed by atoms with Gasteiger partial charge in [-0.25, -0.2) is 4.98 Å². The van der Waals surface area contributed by atoms with Crippen molar-refractivity contribution in [2.75, 3.05) is 5.32 Å². The first kappa shape index (κ1) is 19.8. The largest absolute Gasteiger partial charge is 0.345 e. The number of nitrogens with zero attached hydrogens (tertiary/aromatic N) is 3. The van der Waals surface area contributed by atoms with E-state index < -0.39 is 11.8 Å². The van der Waals surface area contributed by atoms with E-state index in [9.17, 15) is 14.4 Å². The van der Waals surface area contributed by atoms with Crippen LogP contribution >= 0.6 is 0 Å². The maximum absolute atomic E-state index is 12.4. The van der Waals surface area contributed by atoms with Gasteiger partial charge in [-0.1, -0.05) is 32.6 Å². The zero-order valence-corrected chi connectivity index (χ0v) is 16.2. The molecule has 0 atom stereocenters. The lowest BCUT2D eigenvalue weighted by molar-refractivity contribution is -0.136. The molecule has 3 N–H and O–H groups in total. The second kappa shape index (κ2) is 8.81. The van der Waals surface area contributed by atoms with Gasteiger partial charge in [-0.15, -0.1) is 0 Å². The summed E-state index contributed by atoms with van der Waals surface area (Å²) in [6.07, 6.45) is 6.58. The molecule has 0 bridgehead atoms. The Morgan fingerprint density at radius 1 is 1.21 bits per heavy atom. The quantitative estimate of drug-likeness (QED) is 0.674. The minimum Gasteiger partial charge on any atom is -0.345 e. The van der Waals surface area contributed by atoms with Gasteiger partial charge in [-0.05, 0) is 26.2 Å². The summed E-state index contributed by atoms with van der Waals surface area (Å²) in [5, 5.41) is 9.65. The van der Waals surface area contributed by atoms with Crippen molar-refractivity contribution < 1.29 is 9.59 Å². The number of aromatic nitrogens is 4. The van der Waals surface area contributed by atoms with Crippen molar-refractivity contribution in [3.05, 3.63) is 33.9 Å². The molecule has 3 rings (SSSR count). The van der Waals surface area contributed by atoms with Gasteiger partial charge in [0, 0.05) is 23.9 Å². The summed E-state index contributed by atoms with van der Waals surface area (Å²) in [6, 6.07) is 3.11. The molecule has 2 amide bonds. The van der Waals surface area contributed by atoms with E-state index in [0.717, 1.165) is 32.1 Å². The lowest BCUT2D eigenvalue weighted by atomic mass is 9.95. The Labute approximate surface area is 162 Å². The predicted octanol–water partition coefficient (Wildman–Crippen LogP) is 1.60. The van der Waals surface area contributed by atoms with Crippen LogP contribution in [0, 0.1) is 6.92 Å². The molecule has 2 aromatic rings. The summed E-state index contributed by atoms with van der Waals surface area (Å²) in [5.41, 5.74) is 0.960. The molecule has 0 aromatic carbocycles. The van der Waals surface area contributed by atoms with E-state index in [1.165, 1.54) is 17.2 Å². The van der Waals surface area contributed by atoms with E-state index in [1.807, 2.05) is 6.92 Å². The Hall–Kier alpha value is -2.97. The number of rotatable bonds is 5. The molecule has 1 aliphatic carbocycles. The van der Waals surface area contributed by atoms with Gasteiger partial charge in [0.25, 0.3) is 5.56 Å². The third-order valence-electron chi connectivity index (χ3n) is 4.71. The lowest BCUT2D eigenvalue weighted by Gasteiger charge is -2.22. The van der Waals surface area contributed by atoms with Crippen LogP contribution < -0.4 is 16.2 Å². The first-order chi connectivity index (χ1) is 13.5. The van der Waals surface area contributed by atoms with Gasteiger partial charge < -0.3 is 10.6 Å². The summed E-state index contributed by atoms with van der Waals surface area (Å²) < 4.78 is 1.34. The lowest BCUT2D eigenvalue weighted by Crippen LogP contribution is -2.42. The molecular formula is C19H26N6O3. The van der Waals surface area contributed by atoms with Crippen molar-refractivity contribution in [3.63, 3.8) is 0 Å². The zero-order chi connectivity index (χ0) is 20.1. The van der Waals surface area contributed by atoms with E-state index >= 15 is 0 Å². The van der Waals surface area contributed by atoms with Gasteiger partial charge in [0.2, 0.25) is 5.95 Å². The van der Waals surface area contributed by atoms with Crippen LogP contribution in [-0.2, 0) is 16.0 Å². The molecule has 0 radical (unpaired) electrons. The third kappa shape index (κ3) is 4.85. The van der Waals surface area contributed by atoms with E-state index in [0.29, 0.717) is 17.8 Å². The fraction of sp³-hybridized carbons (Fsp3) is 0.526. The van der Waals surface area contributed by atoms with Gasteiger partial charge in [-0.3, -0.25) is 19.4 Å². The maximum Gasteiger partial charge on any atom is 0.314 e. The highest BCUT2D eigenvalue weighted by molar-refractivity contribution is 6.39. The van der Waals surface area contributed by atoms with Gasteiger partial charge in [-0.2, -0.15) is 9.78 Å². The van der Waals surface area contributed by atoms with Gasteiger partial charge >= 0.3 is 11.8 Å². The number of hydrogen-bond donors (Lipinski definition) is 3. The van der Waals surface area contributed by atoms with Crippen molar-refractivity contribution in [2.24, 2.45) is 0 Å². The summed E-state index contributed by atoms with van der Waals surface area (Å²) in [6.45, 7) is 3.75. The van der Waals surface area contributed by atoms with Gasteiger partial charge in [0.15, 0.2) is 0 Å². The Bertz CT molecular complexity index is 911. The summed E-state index contributed by atoms with van der Waals surface area (Å²) >= 11 is 0. The monoisotopic (exact) mass is 386 g/mol. The van der Waals surface area contributed by atoms with Crippen LogP contribution in [0.4, 0.5) is 5.82 Å². The molecule has 0 spiro atoms. The number of anilines is 1. The van der Waals surface area contributed by atoms with E-state index in [-0.39, 0.29) is 23.4 Å².